The number of anilines is 2. The Kier molecular flexibility index (Phi) is 6.07. The molecule has 0 saturated carbocycles. The van der Waals surface area contributed by atoms with Gasteiger partial charge in [-0.1, -0.05) is 43.7 Å². The average Bonchev–Trinajstić information content (AvgIpc) is 3.09. The van der Waals surface area contributed by atoms with Crippen LogP contribution in [0.2, 0.25) is 0 Å². The van der Waals surface area contributed by atoms with E-state index in [1.54, 1.807) is 25.1 Å². The van der Waals surface area contributed by atoms with Crippen molar-refractivity contribution < 1.29 is 9.59 Å². The Labute approximate surface area is 169 Å². The number of carbonyl (C=O) groups excluding carboxylic acids is 2. The number of benzene rings is 1. The van der Waals surface area contributed by atoms with Crippen LogP contribution in [-0.4, -0.2) is 37.4 Å². The van der Waals surface area contributed by atoms with E-state index in [1.165, 1.54) is 11.8 Å². The summed E-state index contributed by atoms with van der Waals surface area (Å²) in [7, 11) is 0. The molecule has 2 aromatic rings. The number of para-hydroxylation sites is 2. The van der Waals surface area contributed by atoms with E-state index < -0.39 is 10.8 Å². The maximum Gasteiger partial charge on any atom is 0.250 e. The van der Waals surface area contributed by atoms with Crippen LogP contribution in [0.1, 0.15) is 47.0 Å². The van der Waals surface area contributed by atoms with Gasteiger partial charge in [-0.25, -0.2) is 0 Å². The summed E-state index contributed by atoms with van der Waals surface area (Å²) in [6, 6.07) is 7.38. The number of hydrogen-bond donors (Lipinski definition) is 1. The molecule has 0 saturated heterocycles. The second-order valence-corrected chi connectivity index (χ2v) is 8.79. The van der Waals surface area contributed by atoms with E-state index >= 15 is 0 Å². The number of aryl methyl sites for hydroxylation is 1. The van der Waals surface area contributed by atoms with E-state index in [-0.39, 0.29) is 11.8 Å². The quantitative estimate of drug-likeness (QED) is 0.565. The van der Waals surface area contributed by atoms with Crippen LogP contribution in [0.3, 0.4) is 0 Å². The highest BCUT2D eigenvalue weighted by Gasteiger charge is 2.44. The van der Waals surface area contributed by atoms with Crippen LogP contribution in [0.5, 0.6) is 0 Å². The number of rotatable bonds is 7. The third-order valence-electron chi connectivity index (χ3n) is 4.94. The Hall–Kier alpha value is -2.35. The SMILES string of the molecule is CCCCCn1cnnc1S[C@H](C)C(=O)N1c2ccccc2NC(=O)C1(C)C. The molecule has 0 unspecified atom stereocenters. The van der Waals surface area contributed by atoms with Crippen molar-refractivity contribution in [3.8, 4) is 0 Å². The lowest BCUT2D eigenvalue weighted by Gasteiger charge is -2.43. The number of amides is 2. The molecule has 2 heterocycles. The standard InChI is InChI=1S/C20H27N5O2S/c1-5-6-9-12-24-13-21-23-19(24)28-14(2)17(26)25-16-11-8-7-10-15(16)22-18(27)20(25,3)4/h7-8,10-11,13-14H,5-6,9,12H2,1-4H3,(H,22,27)/t14-/m1/s1. The third kappa shape index (κ3) is 3.92. The van der Waals surface area contributed by atoms with Gasteiger partial charge in [-0.15, -0.1) is 10.2 Å². The molecule has 28 heavy (non-hydrogen) atoms. The monoisotopic (exact) mass is 401 g/mol. The van der Waals surface area contributed by atoms with Gasteiger partial charge in [0, 0.05) is 6.54 Å². The summed E-state index contributed by atoms with van der Waals surface area (Å²) in [6.07, 6.45) is 5.05. The first kappa shape index (κ1) is 20.4. The molecule has 1 aliphatic rings. The summed E-state index contributed by atoms with van der Waals surface area (Å²) >= 11 is 1.38. The molecule has 1 aromatic heterocycles. The Morgan fingerprint density at radius 2 is 2.04 bits per heavy atom. The maximum atomic E-state index is 13.4. The molecule has 1 atom stereocenters. The van der Waals surface area contributed by atoms with Gasteiger partial charge in [0.15, 0.2) is 5.16 Å². The van der Waals surface area contributed by atoms with Gasteiger partial charge in [0.05, 0.1) is 16.6 Å². The topological polar surface area (TPSA) is 80.1 Å². The fraction of sp³-hybridized carbons (Fsp3) is 0.500. The fourth-order valence-corrected chi connectivity index (χ4v) is 4.15. The van der Waals surface area contributed by atoms with Gasteiger partial charge in [-0.3, -0.25) is 14.5 Å². The second kappa shape index (κ2) is 8.34. The second-order valence-electron chi connectivity index (χ2n) is 7.48. The molecule has 7 nitrogen and oxygen atoms in total. The van der Waals surface area contributed by atoms with Gasteiger partial charge >= 0.3 is 0 Å². The predicted molar refractivity (Wildman–Crippen MR) is 112 cm³/mol. The van der Waals surface area contributed by atoms with E-state index in [0.717, 1.165) is 31.0 Å². The normalized spacial score (nSPS) is 16.4. The van der Waals surface area contributed by atoms with Crippen LogP contribution in [0, 0.1) is 0 Å². The number of hydrogen-bond acceptors (Lipinski definition) is 5. The third-order valence-corrected chi connectivity index (χ3v) is 6.02. The molecule has 1 N–H and O–H groups in total. The molecular weight excluding hydrogens is 374 g/mol. The predicted octanol–water partition coefficient (Wildman–Crippen LogP) is 3.71. The first-order chi connectivity index (χ1) is 13.4. The molecule has 1 aliphatic heterocycles. The van der Waals surface area contributed by atoms with Crippen LogP contribution in [-0.2, 0) is 16.1 Å². The van der Waals surface area contributed by atoms with Crippen molar-refractivity contribution in [3.05, 3.63) is 30.6 Å². The van der Waals surface area contributed by atoms with Crippen LogP contribution < -0.4 is 10.2 Å². The van der Waals surface area contributed by atoms with E-state index in [2.05, 4.69) is 22.4 Å². The van der Waals surface area contributed by atoms with E-state index in [0.29, 0.717) is 11.4 Å². The van der Waals surface area contributed by atoms with Crippen LogP contribution in [0.25, 0.3) is 0 Å². The number of fused-ring (bicyclic) bond motifs is 1. The number of thioether (sulfide) groups is 1. The van der Waals surface area contributed by atoms with E-state index in [1.807, 2.05) is 35.8 Å². The molecule has 8 heteroatoms. The van der Waals surface area contributed by atoms with Crippen molar-refractivity contribution in [2.75, 3.05) is 10.2 Å². The molecule has 3 rings (SSSR count). The summed E-state index contributed by atoms with van der Waals surface area (Å²) in [6.45, 7) is 8.38. The molecule has 0 bridgehead atoms. The minimum atomic E-state index is -0.977. The van der Waals surface area contributed by atoms with Crippen LogP contribution in [0.15, 0.2) is 35.7 Å². The highest BCUT2D eigenvalue weighted by atomic mass is 32.2. The lowest BCUT2D eigenvalue weighted by atomic mass is 9.96. The molecule has 0 fully saturated rings. The van der Waals surface area contributed by atoms with Crippen molar-refractivity contribution in [2.45, 2.75) is 69.4 Å². The Bertz CT molecular complexity index is 864. The molecule has 150 valence electrons. The number of nitrogens with zero attached hydrogens (tertiary/aromatic N) is 4. The average molecular weight is 402 g/mol. The first-order valence-electron chi connectivity index (χ1n) is 9.65. The largest absolute Gasteiger partial charge is 0.322 e. The molecule has 0 spiro atoms. The zero-order valence-electron chi connectivity index (χ0n) is 16.8. The van der Waals surface area contributed by atoms with Gasteiger partial charge < -0.3 is 9.88 Å². The zero-order valence-corrected chi connectivity index (χ0v) is 17.6. The summed E-state index contributed by atoms with van der Waals surface area (Å²) < 4.78 is 1.99. The fourth-order valence-electron chi connectivity index (χ4n) is 3.26. The van der Waals surface area contributed by atoms with Gasteiger partial charge in [0.25, 0.3) is 0 Å². The van der Waals surface area contributed by atoms with Crippen molar-refractivity contribution >= 4 is 35.0 Å². The van der Waals surface area contributed by atoms with Crippen molar-refractivity contribution in [1.82, 2.24) is 14.8 Å². The smallest absolute Gasteiger partial charge is 0.250 e. The maximum absolute atomic E-state index is 13.4. The summed E-state index contributed by atoms with van der Waals surface area (Å²) in [4.78, 5) is 27.6. The highest BCUT2D eigenvalue weighted by molar-refractivity contribution is 8.00. The minimum absolute atomic E-state index is 0.125. The molecule has 0 aliphatic carbocycles. The number of carbonyl (C=O) groups is 2. The van der Waals surface area contributed by atoms with Crippen molar-refractivity contribution in [3.63, 3.8) is 0 Å². The first-order valence-corrected chi connectivity index (χ1v) is 10.5. The Morgan fingerprint density at radius 1 is 1.29 bits per heavy atom. The summed E-state index contributed by atoms with van der Waals surface area (Å²) in [5.41, 5.74) is 0.392. The lowest BCUT2D eigenvalue weighted by molar-refractivity contribution is -0.126. The lowest BCUT2D eigenvalue weighted by Crippen LogP contribution is -2.60. The number of aromatic nitrogens is 3. The molecule has 1 aromatic carbocycles. The van der Waals surface area contributed by atoms with Gasteiger partial charge in [-0.2, -0.15) is 0 Å². The number of nitrogens with one attached hydrogen (secondary N) is 1. The summed E-state index contributed by atoms with van der Waals surface area (Å²) in [5.74, 6) is -0.320. The van der Waals surface area contributed by atoms with Gasteiger partial charge in [-0.05, 0) is 39.3 Å². The van der Waals surface area contributed by atoms with E-state index in [9.17, 15) is 9.59 Å². The van der Waals surface area contributed by atoms with Gasteiger partial charge in [0.2, 0.25) is 11.8 Å². The highest BCUT2D eigenvalue weighted by Crippen LogP contribution is 2.38. The minimum Gasteiger partial charge on any atom is -0.322 e. The van der Waals surface area contributed by atoms with Crippen LogP contribution in [0.4, 0.5) is 11.4 Å². The molecule has 2 amide bonds. The Morgan fingerprint density at radius 3 is 2.79 bits per heavy atom. The molecule has 0 radical (unpaired) electrons. The molecular formula is C20H27N5O2S. The van der Waals surface area contributed by atoms with Crippen LogP contribution >= 0.6 is 11.8 Å². The van der Waals surface area contributed by atoms with Crippen molar-refractivity contribution in [2.24, 2.45) is 0 Å². The van der Waals surface area contributed by atoms with E-state index in [4.69, 9.17) is 0 Å². The van der Waals surface area contributed by atoms with Crippen molar-refractivity contribution in [1.29, 1.82) is 0 Å². The Balaban J connectivity index is 1.81. The number of unbranched alkanes of at least 4 members (excludes halogenated alkanes) is 2. The summed E-state index contributed by atoms with van der Waals surface area (Å²) in [5, 5.41) is 11.4. The van der Waals surface area contributed by atoms with Gasteiger partial charge in [0.1, 0.15) is 11.9 Å². The zero-order chi connectivity index (χ0) is 20.3.